The topological polar surface area (TPSA) is 68.3 Å². The number of hydrogen-bond donors (Lipinski definition) is 1. The lowest BCUT2D eigenvalue weighted by molar-refractivity contribution is 0.306. The van der Waals surface area contributed by atoms with Gasteiger partial charge in [-0.05, 0) is 40.1 Å². The fourth-order valence-electron chi connectivity index (χ4n) is 4.07. The molecule has 0 saturated heterocycles. The second-order valence-electron chi connectivity index (χ2n) is 7.47. The molecule has 0 aromatic heterocycles. The number of rotatable bonds is 4. The Labute approximate surface area is 180 Å². The van der Waals surface area contributed by atoms with Crippen molar-refractivity contribution in [2.45, 2.75) is 12.5 Å². The Morgan fingerprint density at radius 1 is 0.871 bits per heavy atom. The van der Waals surface area contributed by atoms with Crippen LogP contribution < -0.4 is 15.2 Å². The lowest BCUT2D eigenvalue weighted by atomic mass is 9.81. The van der Waals surface area contributed by atoms with Crippen molar-refractivity contribution in [3.8, 4) is 17.6 Å². The first-order valence-electron chi connectivity index (χ1n) is 10.1. The zero-order valence-corrected chi connectivity index (χ0v) is 16.8. The quantitative estimate of drug-likeness (QED) is 0.478. The van der Waals surface area contributed by atoms with Gasteiger partial charge in [0.2, 0.25) is 5.88 Å². The third kappa shape index (κ3) is 3.47. The largest absolute Gasteiger partial charge is 0.489 e. The highest BCUT2D eigenvalue weighted by Gasteiger charge is 2.32. The van der Waals surface area contributed by atoms with Gasteiger partial charge < -0.3 is 15.2 Å². The fraction of sp³-hybridized carbons (Fsp3) is 0.0741. The Kier molecular flexibility index (Phi) is 4.78. The van der Waals surface area contributed by atoms with Crippen LogP contribution in [-0.2, 0) is 6.61 Å². The zero-order valence-electron chi connectivity index (χ0n) is 16.8. The highest BCUT2D eigenvalue weighted by molar-refractivity contribution is 5.90. The molecule has 1 atom stereocenters. The first-order chi connectivity index (χ1) is 15.2. The van der Waals surface area contributed by atoms with Crippen LogP contribution >= 0.6 is 0 Å². The van der Waals surface area contributed by atoms with Gasteiger partial charge in [0.1, 0.15) is 29.7 Å². The number of fused-ring (bicyclic) bond motifs is 3. The van der Waals surface area contributed by atoms with E-state index < -0.39 is 0 Å². The highest BCUT2D eigenvalue weighted by Crippen LogP contribution is 2.45. The molecule has 0 amide bonds. The van der Waals surface area contributed by atoms with Gasteiger partial charge in [0, 0.05) is 5.56 Å². The van der Waals surface area contributed by atoms with E-state index >= 15 is 0 Å². The van der Waals surface area contributed by atoms with Gasteiger partial charge in [-0.1, -0.05) is 72.8 Å². The van der Waals surface area contributed by atoms with E-state index in [1.807, 2.05) is 78.9 Å². The van der Waals surface area contributed by atoms with Crippen molar-refractivity contribution in [1.29, 1.82) is 5.26 Å². The van der Waals surface area contributed by atoms with Gasteiger partial charge in [-0.3, -0.25) is 0 Å². The molecule has 4 heteroatoms. The maximum absolute atomic E-state index is 9.86. The third-order valence-electron chi connectivity index (χ3n) is 5.58. The van der Waals surface area contributed by atoms with Crippen molar-refractivity contribution < 1.29 is 9.47 Å². The minimum absolute atomic E-state index is 0.152. The first-order valence-corrected chi connectivity index (χ1v) is 10.1. The van der Waals surface area contributed by atoms with Gasteiger partial charge in [0.25, 0.3) is 0 Å². The summed E-state index contributed by atoms with van der Waals surface area (Å²) in [6.45, 7) is 0.501. The summed E-state index contributed by atoms with van der Waals surface area (Å²) in [5.41, 5.74) is 9.58. The molecule has 1 aliphatic heterocycles. The van der Waals surface area contributed by atoms with Crippen LogP contribution in [0, 0.1) is 11.3 Å². The van der Waals surface area contributed by atoms with Gasteiger partial charge in [-0.15, -0.1) is 0 Å². The standard InChI is InChI=1S/C27H20N2O2/c28-16-23-25(20-10-13-21(14-11-20)30-17-18-6-2-1-3-7-18)26-22-9-5-4-8-19(22)12-15-24(26)31-27(23)29/h1-15,25H,17,29H2. The summed E-state index contributed by atoms with van der Waals surface area (Å²) in [6.07, 6.45) is 0. The van der Waals surface area contributed by atoms with Crippen molar-refractivity contribution in [2.75, 3.05) is 0 Å². The average Bonchev–Trinajstić information content (AvgIpc) is 2.82. The molecule has 31 heavy (non-hydrogen) atoms. The SMILES string of the molecule is N#CC1=C(N)Oc2ccc3ccccc3c2C1c1ccc(OCc2ccccc2)cc1. The van der Waals surface area contributed by atoms with Gasteiger partial charge in [-0.2, -0.15) is 5.26 Å². The molecule has 2 N–H and O–H groups in total. The van der Waals surface area contributed by atoms with Gasteiger partial charge in [0.05, 0.1) is 5.92 Å². The molecule has 4 nitrogen and oxygen atoms in total. The van der Waals surface area contributed by atoms with E-state index in [-0.39, 0.29) is 11.8 Å². The van der Waals surface area contributed by atoms with Gasteiger partial charge in [0.15, 0.2) is 0 Å². The maximum atomic E-state index is 9.86. The van der Waals surface area contributed by atoms with Crippen LogP contribution in [0.5, 0.6) is 11.5 Å². The summed E-state index contributed by atoms with van der Waals surface area (Å²) in [6, 6.07) is 32.2. The van der Waals surface area contributed by atoms with Crippen LogP contribution in [0.3, 0.4) is 0 Å². The molecule has 0 bridgehead atoms. The van der Waals surface area contributed by atoms with Crippen LogP contribution in [-0.4, -0.2) is 0 Å². The third-order valence-corrected chi connectivity index (χ3v) is 5.58. The van der Waals surface area contributed by atoms with E-state index in [9.17, 15) is 5.26 Å². The minimum atomic E-state index is -0.303. The van der Waals surface area contributed by atoms with E-state index in [1.165, 1.54) is 0 Å². The number of hydrogen-bond acceptors (Lipinski definition) is 4. The lowest BCUT2D eigenvalue weighted by Gasteiger charge is -2.28. The molecule has 4 aromatic rings. The van der Waals surface area contributed by atoms with Crippen LogP contribution in [0.4, 0.5) is 0 Å². The Hall–Kier alpha value is -4.23. The van der Waals surface area contributed by atoms with Gasteiger partial charge >= 0.3 is 0 Å². The summed E-state index contributed by atoms with van der Waals surface area (Å²) in [4.78, 5) is 0. The molecule has 5 rings (SSSR count). The Morgan fingerprint density at radius 2 is 1.61 bits per heavy atom. The smallest absolute Gasteiger partial charge is 0.205 e. The Morgan fingerprint density at radius 3 is 2.39 bits per heavy atom. The van der Waals surface area contributed by atoms with Crippen molar-refractivity contribution in [1.82, 2.24) is 0 Å². The molecule has 0 saturated carbocycles. The van der Waals surface area contributed by atoms with E-state index in [0.717, 1.165) is 33.2 Å². The van der Waals surface area contributed by atoms with Crippen molar-refractivity contribution in [2.24, 2.45) is 5.73 Å². The van der Waals surface area contributed by atoms with E-state index in [0.29, 0.717) is 17.9 Å². The molecule has 1 unspecified atom stereocenters. The molecule has 0 radical (unpaired) electrons. The van der Waals surface area contributed by atoms with Crippen molar-refractivity contribution in [3.05, 3.63) is 119 Å². The first kappa shape index (κ1) is 18.8. The number of nitriles is 1. The second-order valence-corrected chi connectivity index (χ2v) is 7.47. The van der Waals surface area contributed by atoms with E-state index in [2.05, 4.69) is 18.2 Å². The fourth-order valence-corrected chi connectivity index (χ4v) is 4.07. The normalized spacial score (nSPS) is 15.1. The van der Waals surface area contributed by atoms with Crippen LogP contribution in [0.2, 0.25) is 0 Å². The molecule has 0 fully saturated rings. The van der Waals surface area contributed by atoms with E-state index in [4.69, 9.17) is 15.2 Å². The highest BCUT2D eigenvalue weighted by atomic mass is 16.5. The zero-order chi connectivity index (χ0) is 21.2. The summed E-state index contributed by atoms with van der Waals surface area (Å²) in [5.74, 6) is 1.31. The summed E-state index contributed by atoms with van der Waals surface area (Å²) >= 11 is 0. The van der Waals surface area contributed by atoms with E-state index in [1.54, 1.807) is 0 Å². The summed E-state index contributed by atoms with van der Waals surface area (Å²) in [7, 11) is 0. The van der Waals surface area contributed by atoms with Crippen molar-refractivity contribution in [3.63, 3.8) is 0 Å². The molecule has 1 aliphatic rings. The van der Waals surface area contributed by atoms with Crippen molar-refractivity contribution >= 4 is 10.8 Å². The predicted octanol–water partition coefficient (Wildman–Crippen LogP) is 5.64. The molecular formula is C27H20N2O2. The molecule has 0 aliphatic carbocycles. The van der Waals surface area contributed by atoms with Gasteiger partial charge in [-0.25, -0.2) is 0 Å². The number of benzene rings is 4. The maximum Gasteiger partial charge on any atom is 0.205 e. The number of ether oxygens (including phenoxy) is 2. The predicted molar refractivity (Wildman–Crippen MR) is 120 cm³/mol. The number of nitrogens with two attached hydrogens (primary N) is 1. The molecule has 1 heterocycles. The average molecular weight is 404 g/mol. The van der Waals surface area contributed by atoms with Crippen LogP contribution in [0.25, 0.3) is 10.8 Å². The summed E-state index contributed by atoms with van der Waals surface area (Å²) in [5, 5.41) is 12.0. The summed E-state index contributed by atoms with van der Waals surface area (Å²) < 4.78 is 11.7. The second kappa shape index (κ2) is 7.89. The number of nitrogens with zero attached hydrogens (tertiary/aromatic N) is 1. The molecule has 0 spiro atoms. The molecule has 4 aromatic carbocycles. The Bertz CT molecular complexity index is 1320. The minimum Gasteiger partial charge on any atom is -0.489 e. The lowest BCUT2D eigenvalue weighted by Crippen LogP contribution is -2.21. The monoisotopic (exact) mass is 404 g/mol. The Balaban J connectivity index is 1.53. The molecular weight excluding hydrogens is 384 g/mol. The van der Waals surface area contributed by atoms with Crippen LogP contribution in [0.1, 0.15) is 22.6 Å². The van der Waals surface area contributed by atoms with Crippen LogP contribution in [0.15, 0.2) is 102 Å². The number of allylic oxidation sites excluding steroid dienone is 1. The molecule has 150 valence electrons.